The van der Waals surface area contributed by atoms with Crippen molar-refractivity contribution in [3.05, 3.63) is 11.8 Å². The van der Waals surface area contributed by atoms with Crippen LogP contribution in [0.1, 0.15) is 19.0 Å². The average molecular weight is 243 g/mol. The van der Waals surface area contributed by atoms with E-state index in [1.54, 1.807) is 11.8 Å². The predicted molar refractivity (Wildman–Crippen MR) is 67.8 cm³/mol. The largest absolute Gasteiger partial charge is 0.391 e. The molecule has 5 heteroatoms. The SMILES string of the molecule is CCCNCC(O)CSc1cc(C)nn1C. The fourth-order valence-corrected chi connectivity index (χ4v) is 2.37. The van der Waals surface area contributed by atoms with E-state index in [1.807, 2.05) is 24.7 Å². The van der Waals surface area contributed by atoms with Gasteiger partial charge in [0.2, 0.25) is 0 Å². The number of aliphatic hydroxyl groups excluding tert-OH is 1. The summed E-state index contributed by atoms with van der Waals surface area (Å²) in [6.07, 6.45) is 0.799. The van der Waals surface area contributed by atoms with Crippen LogP contribution < -0.4 is 5.32 Å². The smallest absolute Gasteiger partial charge is 0.0940 e. The predicted octanol–water partition coefficient (Wildman–Crippen LogP) is 1.18. The van der Waals surface area contributed by atoms with E-state index in [-0.39, 0.29) is 6.10 Å². The maximum absolute atomic E-state index is 9.72. The Morgan fingerprint density at radius 2 is 2.38 bits per heavy atom. The number of aryl methyl sites for hydroxylation is 2. The highest BCUT2D eigenvalue weighted by atomic mass is 32.2. The first-order valence-corrected chi connectivity index (χ1v) is 6.64. The average Bonchev–Trinajstić information content (AvgIpc) is 2.55. The highest BCUT2D eigenvalue weighted by molar-refractivity contribution is 7.99. The molecule has 0 aliphatic rings. The lowest BCUT2D eigenvalue weighted by Gasteiger charge is -2.10. The molecule has 0 saturated carbocycles. The Kier molecular flexibility index (Phi) is 5.87. The quantitative estimate of drug-likeness (QED) is 0.558. The highest BCUT2D eigenvalue weighted by Gasteiger charge is 2.07. The van der Waals surface area contributed by atoms with E-state index < -0.39 is 0 Å². The summed E-state index contributed by atoms with van der Waals surface area (Å²) < 4.78 is 1.85. The van der Waals surface area contributed by atoms with Crippen LogP contribution in [-0.2, 0) is 7.05 Å². The molecule has 0 amide bonds. The summed E-state index contributed by atoms with van der Waals surface area (Å²) in [5, 5.41) is 18.3. The van der Waals surface area contributed by atoms with Gasteiger partial charge in [0.05, 0.1) is 16.8 Å². The van der Waals surface area contributed by atoms with Crippen LogP contribution in [-0.4, -0.2) is 39.8 Å². The third-order valence-corrected chi connectivity index (χ3v) is 3.42. The topological polar surface area (TPSA) is 50.1 Å². The number of hydrogen-bond donors (Lipinski definition) is 2. The molecule has 1 rings (SSSR count). The maximum atomic E-state index is 9.72. The third-order valence-electron chi connectivity index (χ3n) is 2.19. The Hall–Kier alpha value is -0.520. The van der Waals surface area contributed by atoms with E-state index in [0.717, 1.165) is 23.7 Å². The van der Waals surface area contributed by atoms with Crippen LogP contribution in [0.2, 0.25) is 0 Å². The van der Waals surface area contributed by atoms with Gasteiger partial charge in [0.25, 0.3) is 0 Å². The van der Waals surface area contributed by atoms with Gasteiger partial charge in [-0.25, -0.2) is 0 Å². The van der Waals surface area contributed by atoms with Crippen LogP contribution in [0.25, 0.3) is 0 Å². The first-order chi connectivity index (χ1) is 7.63. The van der Waals surface area contributed by atoms with Crippen molar-refractivity contribution in [3.63, 3.8) is 0 Å². The molecule has 1 heterocycles. The molecular weight excluding hydrogens is 222 g/mol. The maximum Gasteiger partial charge on any atom is 0.0940 e. The summed E-state index contributed by atoms with van der Waals surface area (Å²) in [5.41, 5.74) is 1.02. The summed E-state index contributed by atoms with van der Waals surface area (Å²) in [5.74, 6) is 0.704. The van der Waals surface area contributed by atoms with E-state index in [0.29, 0.717) is 12.3 Å². The van der Waals surface area contributed by atoms with E-state index in [9.17, 15) is 5.11 Å². The molecule has 0 aliphatic heterocycles. The number of hydrogen-bond acceptors (Lipinski definition) is 4. The molecule has 0 spiro atoms. The molecule has 16 heavy (non-hydrogen) atoms. The number of aliphatic hydroxyl groups is 1. The first-order valence-electron chi connectivity index (χ1n) is 5.65. The summed E-state index contributed by atoms with van der Waals surface area (Å²) in [6.45, 7) is 5.72. The molecule has 0 aliphatic carbocycles. The third kappa shape index (κ3) is 4.55. The van der Waals surface area contributed by atoms with Crippen LogP contribution >= 0.6 is 11.8 Å². The van der Waals surface area contributed by atoms with E-state index >= 15 is 0 Å². The van der Waals surface area contributed by atoms with Gasteiger partial charge in [0.1, 0.15) is 0 Å². The van der Waals surface area contributed by atoms with Gasteiger partial charge in [0, 0.05) is 19.3 Å². The van der Waals surface area contributed by atoms with E-state index in [4.69, 9.17) is 0 Å². The molecule has 1 atom stereocenters. The molecule has 0 saturated heterocycles. The number of rotatable bonds is 7. The number of nitrogens with zero attached hydrogens (tertiary/aromatic N) is 2. The second-order valence-corrected chi connectivity index (χ2v) is 4.96. The number of nitrogens with one attached hydrogen (secondary N) is 1. The summed E-state index contributed by atoms with van der Waals surface area (Å²) in [7, 11) is 1.93. The summed E-state index contributed by atoms with van der Waals surface area (Å²) in [6, 6.07) is 2.04. The second kappa shape index (κ2) is 6.93. The van der Waals surface area contributed by atoms with E-state index in [2.05, 4.69) is 17.3 Å². The van der Waals surface area contributed by atoms with Crippen molar-refractivity contribution in [2.75, 3.05) is 18.8 Å². The zero-order valence-corrected chi connectivity index (χ0v) is 11.0. The van der Waals surface area contributed by atoms with Crippen LogP contribution in [0, 0.1) is 6.92 Å². The zero-order chi connectivity index (χ0) is 12.0. The van der Waals surface area contributed by atoms with Crippen molar-refractivity contribution >= 4 is 11.8 Å². The molecule has 1 aromatic rings. The normalized spacial score (nSPS) is 13.0. The van der Waals surface area contributed by atoms with Gasteiger partial charge in [-0.3, -0.25) is 4.68 Å². The Bertz CT molecular complexity index is 314. The lowest BCUT2D eigenvalue weighted by molar-refractivity contribution is 0.196. The lowest BCUT2D eigenvalue weighted by Crippen LogP contribution is -2.29. The van der Waals surface area contributed by atoms with Gasteiger partial charge in [0.15, 0.2) is 0 Å². The molecule has 0 aromatic carbocycles. The Morgan fingerprint density at radius 3 is 2.94 bits per heavy atom. The molecule has 2 N–H and O–H groups in total. The Balaban J connectivity index is 2.26. The van der Waals surface area contributed by atoms with Crippen LogP contribution in [0.5, 0.6) is 0 Å². The van der Waals surface area contributed by atoms with Crippen molar-refractivity contribution in [1.29, 1.82) is 0 Å². The second-order valence-electron chi connectivity index (χ2n) is 3.92. The fraction of sp³-hybridized carbons (Fsp3) is 0.727. The summed E-state index contributed by atoms with van der Waals surface area (Å²) >= 11 is 1.64. The Morgan fingerprint density at radius 1 is 1.62 bits per heavy atom. The van der Waals surface area contributed by atoms with Gasteiger partial charge < -0.3 is 10.4 Å². The fourth-order valence-electron chi connectivity index (χ4n) is 1.41. The minimum absolute atomic E-state index is 0.299. The minimum Gasteiger partial charge on any atom is -0.391 e. The van der Waals surface area contributed by atoms with Gasteiger partial charge in [-0.15, -0.1) is 11.8 Å². The first kappa shape index (κ1) is 13.5. The van der Waals surface area contributed by atoms with Crippen molar-refractivity contribution in [2.24, 2.45) is 7.05 Å². The number of aromatic nitrogens is 2. The van der Waals surface area contributed by atoms with Gasteiger partial charge in [-0.05, 0) is 26.0 Å². The molecule has 1 unspecified atom stereocenters. The van der Waals surface area contributed by atoms with Gasteiger partial charge in [-0.2, -0.15) is 5.10 Å². The van der Waals surface area contributed by atoms with Gasteiger partial charge in [-0.1, -0.05) is 6.92 Å². The standard InChI is InChI=1S/C11H21N3OS/c1-4-5-12-7-10(15)8-16-11-6-9(2)13-14(11)3/h6,10,12,15H,4-5,7-8H2,1-3H3. The number of thioether (sulfide) groups is 1. The Labute approximate surface area is 101 Å². The zero-order valence-electron chi connectivity index (χ0n) is 10.2. The van der Waals surface area contributed by atoms with Gasteiger partial charge >= 0.3 is 0 Å². The van der Waals surface area contributed by atoms with Crippen LogP contribution in [0.3, 0.4) is 0 Å². The van der Waals surface area contributed by atoms with Crippen LogP contribution in [0.15, 0.2) is 11.1 Å². The molecule has 1 aromatic heterocycles. The van der Waals surface area contributed by atoms with E-state index in [1.165, 1.54) is 0 Å². The molecule has 0 fully saturated rings. The molecule has 0 bridgehead atoms. The molecular formula is C11H21N3OS. The minimum atomic E-state index is -0.299. The lowest BCUT2D eigenvalue weighted by atomic mass is 10.4. The monoisotopic (exact) mass is 243 g/mol. The summed E-state index contributed by atoms with van der Waals surface area (Å²) in [4.78, 5) is 0. The van der Waals surface area contributed by atoms with Crippen molar-refractivity contribution in [2.45, 2.75) is 31.4 Å². The van der Waals surface area contributed by atoms with Crippen molar-refractivity contribution in [1.82, 2.24) is 15.1 Å². The van der Waals surface area contributed by atoms with Crippen molar-refractivity contribution < 1.29 is 5.11 Å². The van der Waals surface area contributed by atoms with Crippen molar-refractivity contribution in [3.8, 4) is 0 Å². The molecule has 0 radical (unpaired) electrons. The highest BCUT2D eigenvalue weighted by Crippen LogP contribution is 2.18. The molecule has 4 nitrogen and oxygen atoms in total. The van der Waals surface area contributed by atoms with Crippen LogP contribution in [0.4, 0.5) is 0 Å². The molecule has 92 valence electrons.